The van der Waals surface area contributed by atoms with Crippen LogP contribution in [0.1, 0.15) is 58.4 Å². The number of carbonyl (C=O) groups is 1. The highest BCUT2D eigenvalue weighted by atomic mass is 16.5. The molecule has 106 valence electrons. The summed E-state index contributed by atoms with van der Waals surface area (Å²) < 4.78 is 5.30. The molecule has 0 bridgehead atoms. The van der Waals surface area contributed by atoms with Crippen molar-refractivity contribution in [2.24, 2.45) is 5.92 Å². The SMILES string of the molecule is CCC(C)OC(=O)CCC(C)C(C)c1ccccc1. The van der Waals surface area contributed by atoms with E-state index < -0.39 is 0 Å². The van der Waals surface area contributed by atoms with Crippen LogP contribution < -0.4 is 0 Å². The summed E-state index contributed by atoms with van der Waals surface area (Å²) in [7, 11) is 0. The summed E-state index contributed by atoms with van der Waals surface area (Å²) in [6, 6.07) is 10.5. The molecule has 0 aliphatic carbocycles. The van der Waals surface area contributed by atoms with Crippen molar-refractivity contribution < 1.29 is 9.53 Å². The van der Waals surface area contributed by atoms with E-state index in [0.717, 1.165) is 12.8 Å². The Morgan fingerprint density at radius 3 is 2.37 bits per heavy atom. The van der Waals surface area contributed by atoms with E-state index in [1.165, 1.54) is 5.56 Å². The lowest BCUT2D eigenvalue weighted by Crippen LogP contribution is -2.15. The van der Waals surface area contributed by atoms with Gasteiger partial charge in [-0.1, -0.05) is 51.1 Å². The largest absolute Gasteiger partial charge is 0.463 e. The Balaban J connectivity index is 2.39. The second kappa shape index (κ2) is 7.98. The second-order valence-electron chi connectivity index (χ2n) is 5.42. The van der Waals surface area contributed by atoms with Crippen molar-refractivity contribution in [2.45, 2.75) is 59.0 Å². The Bertz CT molecular complexity index is 372. The van der Waals surface area contributed by atoms with E-state index in [-0.39, 0.29) is 12.1 Å². The molecule has 0 aliphatic heterocycles. The molecule has 0 spiro atoms. The lowest BCUT2D eigenvalue weighted by atomic mass is 9.86. The van der Waals surface area contributed by atoms with Crippen LogP contribution in [0.25, 0.3) is 0 Å². The summed E-state index contributed by atoms with van der Waals surface area (Å²) in [5.74, 6) is 0.881. The van der Waals surface area contributed by atoms with Crippen molar-refractivity contribution in [2.75, 3.05) is 0 Å². The predicted octanol–water partition coefficient (Wildman–Crippen LogP) is 4.55. The molecule has 0 heterocycles. The zero-order valence-electron chi connectivity index (χ0n) is 12.6. The summed E-state index contributed by atoms with van der Waals surface area (Å²) in [5, 5.41) is 0. The maximum absolute atomic E-state index is 11.7. The fourth-order valence-electron chi connectivity index (χ4n) is 2.05. The molecule has 0 N–H and O–H groups in total. The zero-order chi connectivity index (χ0) is 14.3. The van der Waals surface area contributed by atoms with Crippen LogP contribution in [0.5, 0.6) is 0 Å². The molecule has 0 radical (unpaired) electrons. The van der Waals surface area contributed by atoms with Gasteiger partial charge in [0.15, 0.2) is 0 Å². The van der Waals surface area contributed by atoms with Gasteiger partial charge in [-0.25, -0.2) is 0 Å². The average Bonchev–Trinajstić information content (AvgIpc) is 2.44. The Labute approximate surface area is 117 Å². The van der Waals surface area contributed by atoms with Gasteiger partial charge in [0, 0.05) is 6.42 Å². The van der Waals surface area contributed by atoms with Gasteiger partial charge >= 0.3 is 5.97 Å². The van der Waals surface area contributed by atoms with E-state index in [9.17, 15) is 4.79 Å². The van der Waals surface area contributed by atoms with Gasteiger partial charge in [-0.2, -0.15) is 0 Å². The maximum atomic E-state index is 11.7. The predicted molar refractivity (Wildman–Crippen MR) is 79.1 cm³/mol. The number of carbonyl (C=O) groups excluding carboxylic acids is 1. The van der Waals surface area contributed by atoms with E-state index in [1.54, 1.807) is 0 Å². The number of esters is 1. The zero-order valence-corrected chi connectivity index (χ0v) is 12.6. The molecule has 0 fully saturated rings. The van der Waals surface area contributed by atoms with E-state index >= 15 is 0 Å². The van der Waals surface area contributed by atoms with E-state index in [1.807, 2.05) is 19.9 Å². The standard InChI is InChI=1S/C17H26O2/c1-5-14(3)19-17(18)12-11-13(2)15(4)16-9-7-6-8-10-16/h6-10,13-15H,5,11-12H2,1-4H3. The summed E-state index contributed by atoms with van der Waals surface area (Å²) in [4.78, 5) is 11.7. The molecule has 2 nitrogen and oxygen atoms in total. The van der Waals surface area contributed by atoms with Crippen LogP contribution >= 0.6 is 0 Å². The van der Waals surface area contributed by atoms with Crippen LogP contribution in [0.15, 0.2) is 30.3 Å². The molecule has 3 atom stereocenters. The van der Waals surface area contributed by atoms with Gasteiger partial charge < -0.3 is 4.74 Å². The highest BCUT2D eigenvalue weighted by molar-refractivity contribution is 5.69. The molecule has 0 saturated carbocycles. The lowest BCUT2D eigenvalue weighted by molar-refractivity contribution is -0.148. The van der Waals surface area contributed by atoms with E-state index in [0.29, 0.717) is 18.3 Å². The van der Waals surface area contributed by atoms with Gasteiger partial charge in [0.1, 0.15) is 0 Å². The molecule has 2 heteroatoms. The number of benzene rings is 1. The molecule has 19 heavy (non-hydrogen) atoms. The Morgan fingerprint density at radius 1 is 1.16 bits per heavy atom. The normalized spacial score (nSPS) is 15.6. The van der Waals surface area contributed by atoms with Crippen molar-refractivity contribution in [3.05, 3.63) is 35.9 Å². The van der Waals surface area contributed by atoms with E-state index in [2.05, 4.69) is 38.1 Å². The van der Waals surface area contributed by atoms with Crippen molar-refractivity contribution in [1.29, 1.82) is 0 Å². The third-order valence-corrected chi connectivity index (χ3v) is 3.89. The van der Waals surface area contributed by atoms with Crippen LogP contribution in [-0.4, -0.2) is 12.1 Å². The molecular formula is C17H26O2. The summed E-state index contributed by atoms with van der Waals surface area (Å²) in [6.07, 6.45) is 2.31. The molecule has 0 amide bonds. The molecule has 0 aromatic heterocycles. The van der Waals surface area contributed by atoms with Crippen molar-refractivity contribution in [1.82, 2.24) is 0 Å². The summed E-state index contributed by atoms with van der Waals surface area (Å²) in [5.41, 5.74) is 1.34. The summed E-state index contributed by atoms with van der Waals surface area (Å²) >= 11 is 0. The van der Waals surface area contributed by atoms with Gasteiger partial charge in [-0.05, 0) is 37.2 Å². The minimum Gasteiger partial charge on any atom is -0.463 e. The van der Waals surface area contributed by atoms with Crippen LogP contribution in [0.2, 0.25) is 0 Å². The van der Waals surface area contributed by atoms with Crippen LogP contribution in [0.3, 0.4) is 0 Å². The first kappa shape index (κ1) is 15.7. The first-order chi connectivity index (χ1) is 9.04. The highest BCUT2D eigenvalue weighted by Crippen LogP contribution is 2.27. The fourth-order valence-corrected chi connectivity index (χ4v) is 2.05. The first-order valence-corrected chi connectivity index (χ1v) is 7.29. The summed E-state index contributed by atoms with van der Waals surface area (Å²) in [6.45, 7) is 8.39. The van der Waals surface area contributed by atoms with Gasteiger partial charge in [-0.15, -0.1) is 0 Å². The van der Waals surface area contributed by atoms with Crippen LogP contribution in [0.4, 0.5) is 0 Å². The molecule has 1 rings (SSSR count). The number of hydrogen-bond acceptors (Lipinski definition) is 2. The molecule has 0 aliphatic rings. The van der Waals surface area contributed by atoms with Crippen LogP contribution in [0, 0.1) is 5.92 Å². The van der Waals surface area contributed by atoms with Crippen molar-refractivity contribution in [3.63, 3.8) is 0 Å². The van der Waals surface area contributed by atoms with Crippen molar-refractivity contribution >= 4 is 5.97 Å². The third kappa shape index (κ3) is 5.46. The maximum Gasteiger partial charge on any atom is 0.306 e. The van der Waals surface area contributed by atoms with Gasteiger partial charge in [0.05, 0.1) is 6.10 Å². The lowest BCUT2D eigenvalue weighted by Gasteiger charge is -2.20. The Hall–Kier alpha value is -1.31. The van der Waals surface area contributed by atoms with Crippen LogP contribution in [-0.2, 0) is 9.53 Å². The highest BCUT2D eigenvalue weighted by Gasteiger charge is 2.16. The molecule has 0 saturated heterocycles. The smallest absolute Gasteiger partial charge is 0.306 e. The number of ether oxygens (including phenoxy) is 1. The molecule has 3 unspecified atom stereocenters. The molecule has 1 aromatic rings. The molecule has 1 aromatic carbocycles. The first-order valence-electron chi connectivity index (χ1n) is 7.29. The third-order valence-electron chi connectivity index (χ3n) is 3.89. The minimum absolute atomic E-state index is 0.0364. The number of rotatable bonds is 7. The van der Waals surface area contributed by atoms with Crippen molar-refractivity contribution in [3.8, 4) is 0 Å². The fraction of sp³-hybridized carbons (Fsp3) is 0.588. The monoisotopic (exact) mass is 262 g/mol. The van der Waals surface area contributed by atoms with Gasteiger partial charge in [-0.3, -0.25) is 4.79 Å². The average molecular weight is 262 g/mol. The Kier molecular flexibility index (Phi) is 6.61. The second-order valence-corrected chi connectivity index (χ2v) is 5.42. The van der Waals surface area contributed by atoms with E-state index in [4.69, 9.17) is 4.74 Å². The number of hydrogen-bond donors (Lipinski definition) is 0. The van der Waals surface area contributed by atoms with Gasteiger partial charge in [0.25, 0.3) is 0 Å². The Morgan fingerprint density at radius 2 is 1.79 bits per heavy atom. The minimum atomic E-state index is -0.0681. The topological polar surface area (TPSA) is 26.3 Å². The van der Waals surface area contributed by atoms with Gasteiger partial charge in [0.2, 0.25) is 0 Å². The molecular weight excluding hydrogens is 236 g/mol. The quantitative estimate of drug-likeness (QED) is 0.674.